The van der Waals surface area contributed by atoms with Gasteiger partial charge in [-0.1, -0.05) is 17.7 Å². The van der Waals surface area contributed by atoms with Crippen molar-refractivity contribution >= 4 is 31.9 Å². The number of hydrogen-bond donors (Lipinski definition) is 2. The summed E-state index contributed by atoms with van der Waals surface area (Å²) in [7, 11) is -4.33. The molecule has 0 aliphatic heterocycles. The van der Waals surface area contributed by atoms with Gasteiger partial charge in [-0.3, -0.25) is 11.6 Å². The van der Waals surface area contributed by atoms with Crippen molar-refractivity contribution in [2.75, 3.05) is 11.6 Å². The van der Waals surface area contributed by atoms with Crippen molar-refractivity contribution in [3.8, 4) is 0 Å². The first-order valence-corrected chi connectivity index (χ1v) is 8.89. The summed E-state index contributed by atoms with van der Waals surface area (Å²) in [6, 6.07) is 5.30. The molecule has 1 heterocycles. The van der Waals surface area contributed by atoms with Crippen molar-refractivity contribution in [3.05, 3.63) is 51.1 Å². The van der Waals surface area contributed by atoms with E-state index in [1.54, 1.807) is 32.2 Å². The van der Waals surface area contributed by atoms with Crippen LogP contribution < -0.4 is 16.3 Å². The Morgan fingerprint density at radius 3 is 1.91 bits per heavy atom. The number of rotatable bonds is 1. The lowest BCUT2D eigenvalue weighted by atomic mass is 10.1. The van der Waals surface area contributed by atoms with Gasteiger partial charge in [-0.25, -0.2) is 8.42 Å². The Balaban J connectivity index is 0.000000238. The Bertz CT molecular complexity index is 790. The zero-order chi connectivity index (χ0) is 17.9. The molecule has 0 saturated heterocycles. The maximum Gasteiger partial charge on any atom is 0.298 e. The van der Waals surface area contributed by atoms with Gasteiger partial charge >= 0.3 is 0 Å². The molecule has 0 aliphatic carbocycles. The van der Waals surface area contributed by atoms with Crippen LogP contribution in [0.15, 0.2) is 33.8 Å². The van der Waals surface area contributed by atoms with Gasteiger partial charge < -0.3 is 4.55 Å². The second-order valence-corrected chi connectivity index (χ2v) is 7.55. The number of halogens is 1. The van der Waals surface area contributed by atoms with E-state index in [0.29, 0.717) is 16.9 Å². The first-order chi connectivity index (χ1) is 10.4. The van der Waals surface area contributed by atoms with Crippen molar-refractivity contribution < 1.29 is 17.6 Å². The fourth-order valence-corrected chi connectivity index (χ4v) is 3.76. The van der Waals surface area contributed by atoms with Crippen LogP contribution in [0.1, 0.15) is 22.3 Å². The molecule has 0 bridgehead atoms. The van der Waals surface area contributed by atoms with Crippen LogP contribution >= 0.6 is 15.9 Å². The number of nitrogens with two attached hydrogens (primary N) is 2. The van der Waals surface area contributed by atoms with Crippen molar-refractivity contribution in [1.29, 1.82) is 0 Å². The van der Waals surface area contributed by atoms with Crippen molar-refractivity contribution in [3.63, 3.8) is 0 Å². The fourth-order valence-electron chi connectivity index (χ4n) is 2.29. The predicted octanol–water partition coefficient (Wildman–Crippen LogP) is 1.86. The van der Waals surface area contributed by atoms with E-state index in [9.17, 15) is 13.0 Å². The monoisotopic (exact) mass is 401 g/mol. The van der Waals surface area contributed by atoms with Crippen LogP contribution in [0, 0.1) is 27.7 Å². The first-order valence-electron chi connectivity index (χ1n) is 6.69. The lowest BCUT2D eigenvalue weighted by molar-refractivity contribution is -0.624. The number of aryl methyl sites for hydroxylation is 4. The minimum Gasteiger partial charge on any atom is -0.744 e. The third-order valence-corrected chi connectivity index (χ3v) is 4.73. The molecule has 2 aromatic rings. The first kappa shape index (κ1) is 19.4. The molecule has 1 aromatic carbocycles. The molecular weight excluding hydrogens is 382 g/mol. The van der Waals surface area contributed by atoms with Crippen LogP contribution in [0.4, 0.5) is 5.82 Å². The molecule has 23 heavy (non-hydrogen) atoms. The second-order valence-electron chi connectivity index (χ2n) is 5.32. The summed E-state index contributed by atoms with van der Waals surface area (Å²) in [5, 5.41) is 0. The Kier molecular flexibility index (Phi) is 6.15. The smallest absolute Gasteiger partial charge is 0.298 e. The Hall–Kier alpha value is -1.64. The third kappa shape index (κ3) is 5.19. The normalized spacial score (nSPS) is 10.9. The molecule has 0 unspecified atom stereocenters. The van der Waals surface area contributed by atoms with E-state index in [-0.39, 0.29) is 4.90 Å². The number of nitrogen functional groups attached to an aromatic ring is 2. The molecule has 0 amide bonds. The van der Waals surface area contributed by atoms with E-state index >= 15 is 0 Å². The molecule has 1 aromatic heterocycles. The highest BCUT2D eigenvalue weighted by molar-refractivity contribution is 9.10. The highest BCUT2D eigenvalue weighted by atomic mass is 79.9. The highest BCUT2D eigenvalue weighted by Gasteiger charge is 2.09. The van der Waals surface area contributed by atoms with E-state index in [1.807, 2.05) is 19.9 Å². The minimum atomic E-state index is -4.33. The average Bonchev–Trinajstić information content (AvgIpc) is 2.33. The maximum absolute atomic E-state index is 10.8. The molecule has 0 radical (unpaired) electrons. The van der Waals surface area contributed by atoms with Gasteiger partial charge in [-0.05, 0) is 60.8 Å². The molecular formula is C15H20BrN3O3S. The highest BCUT2D eigenvalue weighted by Crippen LogP contribution is 2.20. The number of hydrogen-bond acceptors (Lipinski definition) is 5. The Labute approximate surface area is 145 Å². The number of aromatic nitrogens is 1. The molecule has 0 spiro atoms. The van der Waals surface area contributed by atoms with E-state index in [2.05, 4.69) is 15.9 Å². The van der Waals surface area contributed by atoms with Gasteiger partial charge in [0.05, 0.1) is 9.37 Å². The van der Waals surface area contributed by atoms with E-state index in [4.69, 9.17) is 11.6 Å². The molecule has 4 N–H and O–H groups in total. The zero-order valence-corrected chi connectivity index (χ0v) is 15.8. The van der Waals surface area contributed by atoms with E-state index in [0.717, 1.165) is 15.6 Å². The molecule has 126 valence electrons. The minimum absolute atomic E-state index is 0.0851. The van der Waals surface area contributed by atoms with Crippen LogP contribution in [0.25, 0.3) is 0 Å². The Morgan fingerprint density at radius 2 is 1.52 bits per heavy atom. The van der Waals surface area contributed by atoms with Gasteiger partial charge in [0, 0.05) is 5.56 Å². The predicted molar refractivity (Wildman–Crippen MR) is 92.3 cm³/mol. The zero-order valence-electron chi connectivity index (χ0n) is 13.4. The summed E-state index contributed by atoms with van der Waals surface area (Å²) in [5.74, 6) is 6.07. The van der Waals surface area contributed by atoms with Crippen LogP contribution in [-0.2, 0) is 10.1 Å². The van der Waals surface area contributed by atoms with Crippen LogP contribution in [0.2, 0.25) is 0 Å². The maximum atomic E-state index is 10.8. The number of anilines is 1. The Morgan fingerprint density at radius 1 is 1.04 bits per heavy atom. The summed E-state index contributed by atoms with van der Waals surface area (Å²) in [6.45, 7) is 7.03. The van der Waals surface area contributed by atoms with E-state index in [1.165, 1.54) is 4.68 Å². The van der Waals surface area contributed by atoms with Gasteiger partial charge in [0.1, 0.15) is 16.3 Å². The van der Waals surface area contributed by atoms with Gasteiger partial charge in [-0.2, -0.15) is 0 Å². The molecule has 0 atom stereocenters. The topological polar surface area (TPSA) is 113 Å². The lowest BCUT2D eigenvalue weighted by Crippen LogP contribution is -2.47. The van der Waals surface area contributed by atoms with Gasteiger partial charge in [0.15, 0.2) is 0 Å². The largest absolute Gasteiger partial charge is 0.744 e. The van der Waals surface area contributed by atoms with E-state index < -0.39 is 10.1 Å². The molecule has 0 aliphatic rings. The van der Waals surface area contributed by atoms with Crippen LogP contribution in [0.3, 0.4) is 0 Å². The van der Waals surface area contributed by atoms with Crippen molar-refractivity contribution in [2.45, 2.75) is 32.6 Å². The summed E-state index contributed by atoms with van der Waals surface area (Å²) in [4.78, 5) is -0.0851. The molecule has 2 rings (SSSR count). The van der Waals surface area contributed by atoms with Crippen molar-refractivity contribution in [2.24, 2.45) is 0 Å². The van der Waals surface area contributed by atoms with Gasteiger partial charge in [0.25, 0.3) is 5.82 Å². The number of benzene rings is 1. The molecule has 0 fully saturated rings. The molecule has 6 nitrogen and oxygen atoms in total. The number of pyridine rings is 1. The number of nitrogens with zero attached hydrogens (tertiary/aromatic N) is 1. The fraction of sp³-hybridized carbons (Fsp3) is 0.267. The van der Waals surface area contributed by atoms with Gasteiger partial charge in [-0.15, -0.1) is 4.68 Å². The molecule has 8 heteroatoms. The third-order valence-electron chi connectivity index (χ3n) is 3.15. The standard InChI is InChI=1S/C9H12O3S.C6H8BrN3/c1-6-4-7(2)9(8(3)5-6)13(10,11)12;1-4-2-5(7)3-10(9)6(4)8/h4-5H,1-3H3,(H,10,11,12);2-3,8H,9H2,1H3. The lowest BCUT2D eigenvalue weighted by Gasteiger charge is -2.14. The second kappa shape index (κ2) is 7.29. The summed E-state index contributed by atoms with van der Waals surface area (Å²) >= 11 is 3.29. The van der Waals surface area contributed by atoms with Crippen LogP contribution in [0.5, 0.6) is 0 Å². The van der Waals surface area contributed by atoms with Crippen LogP contribution in [-0.4, -0.2) is 13.0 Å². The summed E-state index contributed by atoms with van der Waals surface area (Å²) in [6.07, 6.45) is 1.71. The SMILES string of the molecule is Cc1cc(Br)c[n+](N)c1N.Cc1cc(C)c(S(=O)(=O)[O-])c(C)c1. The average molecular weight is 402 g/mol. The van der Waals surface area contributed by atoms with Gasteiger partial charge in [0.2, 0.25) is 0 Å². The molecule has 0 saturated carbocycles. The van der Waals surface area contributed by atoms with Crippen molar-refractivity contribution in [1.82, 2.24) is 0 Å². The quantitative estimate of drug-likeness (QED) is 0.430. The summed E-state index contributed by atoms with van der Waals surface area (Å²) in [5.41, 5.74) is 8.54. The summed E-state index contributed by atoms with van der Waals surface area (Å²) < 4.78 is 34.8.